The zero-order valence-corrected chi connectivity index (χ0v) is 16.4. The minimum Gasteiger partial charge on any atom is -0.341 e. The third-order valence-electron chi connectivity index (χ3n) is 3.80. The van der Waals surface area contributed by atoms with Crippen LogP contribution in [0.4, 0.5) is 0 Å². The average Bonchev–Trinajstić information content (AvgIpc) is 2.63. The summed E-state index contributed by atoms with van der Waals surface area (Å²) in [6.45, 7) is 5.56. The first kappa shape index (κ1) is 20.6. The number of aliphatic imine (C=N–C) groups is 1. The van der Waals surface area contributed by atoms with Crippen molar-refractivity contribution in [3.05, 3.63) is 42.1 Å². The summed E-state index contributed by atoms with van der Waals surface area (Å²) in [5, 5.41) is 7.60. The van der Waals surface area contributed by atoms with Crippen LogP contribution in [0.2, 0.25) is 0 Å². The van der Waals surface area contributed by atoms with Crippen molar-refractivity contribution in [2.75, 3.05) is 12.3 Å². The molecule has 0 bridgehead atoms. The Bertz CT molecular complexity index is 899. The minimum atomic E-state index is -0.825. The second-order valence-electron chi connectivity index (χ2n) is 6.39. The zero-order chi connectivity index (χ0) is 19.9. The number of rotatable bonds is 7. The zero-order valence-electron chi connectivity index (χ0n) is 15.6. The number of amides is 1. The Hall–Kier alpha value is -2.74. The molecule has 0 spiro atoms. The fraction of sp³-hybridized carbons (Fsp3) is 0.316. The molecule has 144 valence electrons. The van der Waals surface area contributed by atoms with Crippen LogP contribution in [0.15, 0.2) is 46.6 Å². The Morgan fingerprint density at radius 1 is 1.37 bits per heavy atom. The lowest BCUT2D eigenvalue weighted by molar-refractivity contribution is -0.109. The van der Waals surface area contributed by atoms with Gasteiger partial charge in [0.15, 0.2) is 5.12 Å². The number of pyridine rings is 1. The highest BCUT2D eigenvalue weighted by Crippen LogP contribution is 2.14. The van der Waals surface area contributed by atoms with Crippen molar-refractivity contribution in [2.24, 2.45) is 15.9 Å². The van der Waals surface area contributed by atoms with Gasteiger partial charge >= 0.3 is 0 Å². The quantitative estimate of drug-likeness (QED) is 0.328. The van der Waals surface area contributed by atoms with Crippen LogP contribution in [0.5, 0.6) is 0 Å². The summed E-state index contributed by atoms with van der Waals surface area (Å²) in [4.78, 5) is 32.1. The van der Waals surface area contributed by atoms with Gasteiger partial charge in [-0.3, -0.25) is 19.6 Å². The van der Waals surface area contributed by atoms with E-state index in [0.717, 1.165) is 10.9 Å². The number of hydrogen-bond donors (Lipinski definition) is 2. The molecule has 1 aromatic heterocycles. The molecule has 1 aromatic carbocycles. The van der Waals surface area contributed by atoms with Gasteiger partial charge in [-0.15, -0.1) is 0 Å². The fourth-order valence-corrected chi connectivity index (χ4v) is 2.85. The SMILES string of the molecule is CC(=O)SCCN=C/C(=N\N)C(C)(C)NC(=O)c1cnc2ccccc2c1.[HH]. The Kier molecular flexibility index (Phi) is 7.06. The lowest BCUT2D eigenvalue weighted by Crippen LogP contribution is -2.50. The number of hydrogen-bond acceptors (Lipinski definition) is 7. The third kappa shape index (κ3) is 5.89. The molecule has 0 saturated carbocycles. The molecule has 0 saturated heterocycles. The van der Waals surface area contributed by atoms with Gasteiger partial charge in [-0.2, -0.15) is 5.10 Å². The highest BCUT2D eigenvalue weighted by Gasteiger charge is 2.27. The molecule has 27 heavy (non-hydrogen) atoms. The van der Waals surface area contributed by atoms with Crippen molar-refractivity contribution >= 4 is 45.6 Å². The van der Waals surface area contributed by atoms with E-state index in [1.54, 1.807) is 26.1 Å². The minimum absolute atomic E-state index is 0. The molecule has 7 nitrogen and oxygen atoms in total. The van der Waals surface area contributed by atoms with Gasteiger partial charge in [-0.1, -0.05) is 30.0 Å². The van der Waals surface area contributed by atoms with Crippen LogP contribution in [0, 0.1) is 0 Å². The highest BCUT2D eigenvalue weighted by molar-refractivity contribution is 8.13. The van der Waals surface area contributed by atoms with E-state index in [-0.39, 0.29) is 12.4 Å². The number of para-hydroxylation sites is 1. The van der Waals surface area contributed by atoms with Crippen molar-refractivity contribution in [1.82, 2.24) is 10.3 Å². The second kappa shape index (κ2) is 9.27. The lowest BCUT2D eigenvalue weighted by atomic mass is 9.98. The van der Waals surface area contributed by atoms with Crippen molar-refractivity contribution in [1.29, 1.82) is 0 Å². The molecule has 0 aliphatic heterocycles. The van der Waals surface area contributed by atoms with E-state index < -0.39 is 5.54 Å². The van der Waals surface area contributed by atoms with E-state index >= 15 is 0 Å². The van der Waals surface area contributed by atoms with Gasteiger partial charge in [0.1, 0.15) is 5.71 Å². The van der Waals surface area contributed by atoms with Crippen LogP contribution in [0.3, 0.4) is 0 Å². The van der Waals surface area contributed by atoms with Crippen molar-refractivity contribution in [3.63, 3.8) is 0 Å². The number of fused-ring (bicyclic) bond motifs is 1. The van der Waals surface area contributed by atoms with Crippen LogP contribution < -0.4 is 11.2 Å². The summed E-state index contributed by atoms with van der Waals surface area (Å²) in [5.41, 5.74) is 0.882. The molecule has 8 heteroatoms. The summed E-state index contributed by atoms with van der Waals surface area (Å²) in [7, 11) is 0. The number of carbonyl (C=O) groups excluding carboxylic acids is 2. The summed E-state index contributed by atoms with van der Waals surface area (Å²) in [6.07, 6.45) is 3.07. The Balaban J connectivity index is 0.00000392. The molecule has 0 aliphatic rings. The third-order valence-corrected chi connectivity index (χ3v) is 4.59. The molecular weight excluding hydrogens is 362 g/mol. The monoisotopic (exact) mass is 387 g/mol. The summed E-state index contributed by atoms with van der Waals surface area (Å²) in [6, 6.07) is 9.38. The highest BCUT2D eigenvalue weighted by atomic mass is 32.2. The number of thioether (sulfide) groups is 1. The first-order valence-electron chi connectivity index (χ1n) is 8.42. The fourth-order valence-electron chi connectivity index (χ4n) is 2.36. The van der Waals surface area contributed by atoms with E-state index in [0.29, 0.717) is 23.6 Å². The number of benzene rings is 1. The van der Waals surface area contributed by atoms with E-state index in [4.69, 9.17) is 5.84 Å². The van der Waals surface area contributed by atoms with Gasteiger partial charge in [-0.05, 0) is 26.0 Å². The number of nitrogens with zero attached hydrogens (tertiary/aromatic N) is 3. The normalized spacial score (nSPS) is 12.5. The smallest absolute Gasteiger partial charge is 0.253 e. The first-order valence-corrected chi connectivity index (χ1v) is 9.41. The van der Waals surface area contributed by atoms with Gasteiger partial charge in [0.2, 0.25) is 0 Å². The average molecular weight is 388 g/mol. The Labute approximate surface area is 164 Å². The summed E-state index contributed by atoms with van der Waals surface area (Å²) in [5.74, 6) is 5.79. The van der Waals surface area contributed by atoms with Gasteiger partial charge < -0.3 is 11.2 Å². The molecule has 0 fully saturated rings. The van der Waals surface area contributed by atoms with Gasteiger partial charge in [0, 0.05) is 38.4 Å². The van der Waals surface area contributed by atoms with E-state index in [1.807, 2.05) is 24.3 Å². The molecule has 0 unspecified atom stereocenters. The summed E-state index contributed by atoms with van der Waals surface area (Å²) >= 11 is 1.21. The van der Waals surface area contributed by atoms with E-state index in [1.165, 1.54) is 24.9 Å². The Morgan fingerprint density at radius 2 is 2.11 bits per heavy atom. The standard InChI is InChI=1S/C19H23N5O2S.H2/c1-13(25)27-9-8-21-12-17(24-20)19(2,3)23-18(26)15-10-14-6-4-5-7-16(14)22-11-15;/h4-7,10-12H,8-9,20H2,1-3H3,(H,23,26);1H/b21-12?,24-17+;. The molecular formula is C19H25N5O2S. The predicted octanol–water partition coefficient (Wildman–Crippen LogP) is 2.65. The first-order chi connectivity index (χ1) is 12.8. The van der Waals surface area contributed by atoms with Crippen LogP contribution in [-0.2, 0) is 4.79 Å². The maximum Gasteiger partial charge on any atom is 0.253 e. The van der Waals surface area contributed by atoms with Gasteiger partial charge in [0.05, 0.1) is 16.6 Å². The topological polar surface area (TPSA) is 110 Å². The van der Waals surface area contributed by atoms with Crippen molar-refractivity contribution in [3.8, 4) is 0 Å². The number of carbonyl (C=O) groups is 2. The maximum atomic E-state index is 12.6. The number of hydrazone groups is 1. The van der Waals surface area contributed by atoms with Crippen LogP contribution >= 0.6 is 11.8 Å². The van der Waals surface area contributed by atoms with Crippen molar-refractivity contribution < 1.29 is 11.0 Å². The molecule has 3 N–H and O–H groups in total. The van der Waals surface area contributed by atoms with E-state index in [2.05, 4.69) is 20.4 Å². The van der Waals surface area contributed by atoms with Gasteiger partial charge in [-0.25, -0.2) is 0 Å². The molecule has 2 aromatic rings. The predicted molar refractivity (Wildman–Crippen MR) is 114 cm³/mol. The largest absolute Gasteiger partial charge is 0.341 e. The molecule has 0 aliphatic carbocycles. The molecule has 0 atom stereocenters. The number of nitrogens with two attached hydrogens (primary N) is 1. The molecule has 1 heterocycles. The number of aromatic nitrogens is 1. The molecule has 0 radical (unpaired) electrons. The lowest BCUT2D eigenvalue weighted by Gasteiger charge is -2.25. The van der Waals surface area contributed by atoms with Crippen LogP contribution in [0.25, 0.3) is 10.9 Å². The second-order valence-corrected chi connectivity index (χ2v) is 7.66. The summed E-state index contributed by atoms with van der Waals surface area (Å²) < 4.78 is 0. The van der Waals surface area contributed by atoms with Gasteiger partial charge in [0.25, 0.3) is 5.91 Å². The number of nitrogens with one attached hydrogen (secondary N) is 1. The Morgan fingerprint density at radius 3 is 2.81 bits per heavy atom. The molecule has 1 amide bonds. The van der Waals surface area contributed by atoms with E-state index in [9.17, 15) is 9.59 Å². The maximum absolute atomic E-state index is 12.6. The molecule has 2 rings (SSSR count). The van der Waals surface area contributed by atoms with Crippen LogP contribution in [0.1, 0.15) is 32.6 Å². The van der Waals surface area contributed by atoms with Crippen molar-refractivity contribution in [2.45, 2.75) is 26.3 Å². The van der Waals surface area contributed by atoms with Crippen LogP contribution in [-0.4, -0.2) is 45.8 Å².